The molecule has 0 saturated carbocycles. The first-order valence-corrected chi connectivity index (χ1v) is 7.40. The standard InChI is InChI=1S/C14H18BrNO3/c15-12-2-1-10(16)7-13(12)19-11-3-5-18-14(8-11)4-6-17-9-14/h1-2,7,11H,3-6,8-9,16H2. The zero-order valence-electron chi connectivity index (χ0n) is 10.7. The fourth-order valence-corrected chi connectivity index (χ4v) is 3.08. The van der Waals surface area contributed by atoms with Crippen LogP contribution < -0.4 is 10.5 Å². The van der Waals surface area contributed by atoms with Crippen molar-refractivity contribution in [1.82, 2.24) is 0 Å². The number of nitrogen functional groups attached to an aromatic ring is 1. The van der Waals surface area contributed by atoms with Crippen molar-refractivity contribution in [2.24, 2.45) is 0 Å². The van der Waals surface area contributed by atoms with Crippen LogP contribution in [0.15, 0.2) is 22.7 Å². The first-order valence-electron chi connectivity index (χ1n) is 6.60. The maximum absolute atomic E-state index is 6.09. The van der Waals surface area contributed by atoms with Gasteiger partial charge in [0.15, 0.2) is 0 Å². The number of anilines is 1. The Kier molecular flexibility index (Phi) is 3.69. The molecule has 2 unspecified atom stereocenters. The van der Waals surface area contributed by atoms with E-state index in [1.807, 2.05) is 18.2 Å². The molecule has 19 heavy (non-hydrogen) atoms. The Hall–Kier alpha value is -0.780. The lowest BCUT2D eigenvalue weighted by atomic mass is 9.91. The molecule has 2 atom stereocenters. The van der Waals surface area contributed by atoms with Gasteiger partial charge < -0.3 is 19.9 Å². The highest BCUT2D eigenvalue weighted by molar-refractivity contribution is 9.10. The van der Waals surface area contributed by atoms with E-state index in [9.17, 15) is 0 Å². The van der Waals surface area contributed by atoms with Gasteiger partial charge in [-0.25, -0.2) is 0 Å². The summed E-state index contributed by atoms with van der Waals surface area (Å²) in [5, 5.41) is 0. The van der Waals surface area contributed by atoms with Crippen LogP contribution in [0.4, 0.5) is 5.69 Å². The molecule has 0 bridgehead atoms. The third-order valence-corrected chi connectivity index (χ3v) is 4.42. The van der Waals surface area contributed by atoms with Gasteiger partial charge in [-0.3, -0.25) is 0 Å². The average molecular weight is 328 g/mol. The minimum absolute atomic E-state index is 0.129. The molecule has 2 aliphatic heterocycles. The molecule has 2 N–H and O–H groups in total. The third kappa shape index (κ3) is 2.88. The van der Waals surface area contributed by atoms with Gasteiger partial charge in [-0.2, -0.15) is 0 Å². The van der Waals surface area contributed by atoms with Crippen molar-refractivity contribution in [3.63, 3.8) is 0 Å². The van der Waals surface area contributed by atoms with Gasteiger partial charge in [0.2, 0.25) is 0 Å². The summed E-state index contributed by atoms with van der Waals surface area (Å²) in [6.07, 6.45) is 2.91. The van der Waals surface area contributed by atoms with Crippen molar-refractivity contribution in [2.75, 3.05) is 25.6 Å². The first-order chi connectivity index (χ1) is 9.17. The summed E-state index contributed by atoms with van der Waals surface area (Å²) in [5.41, 5.74) is 6.39. The Labute approximate surface area is 121 Å². The number of benzene rings is 1. The van der Waals surface area contributed by atoms with Crippen molar-refractivity contribution in [3.8, 4) is 5.75 Å². The van der Waals surface area contributed by atoms with Crippen LogP contribution in [0.25, 0.3) is 0 Å². The van der Waals surface area contributed by atoms with E-state index >= 15 is 0 Å². The zero-order chi connectivity index (χ0) is 13.3. The largest absolute Gasteiger partial charge is 0.489 e. The minimum Gasteiger partial charge on any atom is -0.489 e. The molecule has 0 aliphatic carbocycles. The van der Waals surface area contributed by atoms with E-state index in [4.69, 9.17) is 19.9 Å². The molecule has 2 saturated heterocycles. The lowest BCUT2D eigenvalue weighted by Crippen LogP contribution is -2.44. The normalized spacial score (nSPS) is 30.7. The second-order valence-corrected chi connectivity index (χ2v) is 6.11. The maximum atomic E-state index is 6.09. The Morgan fingerprint density at radius 3 is 3.05 bits per heavy atom. The number of ether oxygens (including phenoxy) is 3. The van der Waals surface area contributed by atoms with E-state index in [0.29, 0.717) is 12.3 Å². The first kappa shape index (κ1) is 13.2. The van der Waals surface area contributed by atoms with Gasteiger partial charge in [-0.1, -0.05) is 0 Å². The summed E-state index contributed by atoms with van der Waals surface area (Å²) < 4.78 is 18.4. The van der Waals surface area contributed by atoms with Crippen LogP contribution >= 0.6 is 15.9 Å². The van der Waals surface area contributed by atoms with E-state index in [0.717, 1.165) is 42.7 Å². The van der Waals surface area contributed by atoms with Gasteiger partial charge in [0.05, 0.1) is 23.3 Å². The monoisotopic (exact) mass is 327 g/mol. The molecule has 1 aromatic rings. The molecule has 0 amide bonds. The summed E-state index contributed by atoms with van der Waals surface area (Å²) in [6.45, 7) is 2.20. The van der Waals surface area contributed by atoms with Gasteiger partial charge in [-0.05, 0) is 28.1 Å². The summed E-state index contributed by atoms with van der Waals surface area (Å²) in [6, 6.07) is 5.63. The van der Waals surface area contributed by atoms with Crippen LogP contribution in [0.1, 0.15) is 19.3 Å². The molecule has 5 heteroatoms. The van der Waals surface area contributed by atoms with E-state index in [1.165, 1.54) is 0 Å². The van der Waals surface area contributed by atoms with Crippen molar-refractivity contribution >= 4 is 21.6 Å². The lowest BCUT2D eigenvalue weighted by Gasteiger charge is -2.37. The Bertz CT molecular complexity index is 460. The van der Waals surface area contributed by atoms with Gasteiger partial charge in [0.25, 0.3) is 0 Å². The molecule has 0 aromatic heterocycles. The predicted molar refractivity (Wildman–Crippen MR) is 76.3 cm³/mol. The van der Waals surface area contributed by atoms with Crippen molar-refractivity contribution in [2.45, 2.75) is 31.0 Å². The van der Waals surface area contributed by atoms with E-state index in [-0.39, 0.29) is 11.7 Å². The van der Waals surface area contributed by atoms with Crippen molar-refractivity contribution in [3.05, 3.63) is 22.7 Å². The number of rotatable bonds is 2. The van der Waals surface area contributed by atoms with Crippen LogP contribution in [0, 0.1) is 0 Å². The molecule has 1 aromatic carbocycles. The van der Waals surface area contributed by atoms with Crippen LogP contribution in [0.3, 0.4) is 0 Å². The number of hydrogen-bond acceptors (Lipinski definition) is 4. The highest BCUT2D eigenvalue weighted by atomic mass is 79.9. The molecular formula is C14H18BrNO3. The van der Waals surface area contributed by atoms with Crippen molar-refractivity contribution in [1.29, 1.82) is 0 Å². The minimum atomic E-state index is -0.129. The van der Waals surface area contributed by atoms with E-state index in [1.54, 1.807) is 0 Å². The predicted octanol–water partition coefficient (Wildman–Crippen LogP) is 2.75. The summed E-state index contributed by atoms with van der Waals surface area (Å²) >= 11 is 3.50. The molecule has 4 nitrogen and oxygen atoms in total. The second kappa shape index (κ2) is 5.31. The summed E-state index contributed by atoms with van der Waals surface area (Å²) in [7, 11) is 0. The number of halogens is 1. The Morgan fingerprint density at radius 2 is 2.26 bits per heavy atom. The van der Waals surface area contributed by atoms with Gasteiger partial charge in [0, 0.05) is 37.6 Å². The van der Waals surface area contributed by atoms with Crippen LogP contribution in [0.5, 0.6) is 5.75 Å². The lowest BCUT2D eigenvalue weighted by molar-refractivity contribution is -0.112. The fourth-order valence-electron chi connectivity index (χ4n) is 2.74. The maximum Gasteiger partial charge on any atom is 0.135 e. The topological polar surface area (TPSA) is 53.7 Å². The number of hydrogen-bond donors (Lipinski definition) is 1. The quantitative estimate of drug-likeness (QED) is 0.848. The molecule has 1 spiro atoms. The van der Waals surface area contributed by atoms with Gasteiger partial charge in [-0.15, -0.1) is 0 Å². The third-order valence-electron chi connectivity index (χ3n) is 3.76. The fraction of sp³-hybridized carbons (Fsp3) is 0.571. The Balaban J connectivity index is 1.70. The highest BCUT2D eigenvalue weighted by Crippen LogP contribution is 2.36. The molecule has 2 aliphatic rings. The smallest absolute Gasteiger partial charge is 0.135 e. The van der Waals surface area contributed by atoms with Crippen LogP contribution in [-0.2, 0) is 9.47 Å². The molecule has 2 fully saturated rings. The second-order valence-electron chi connectivity index (χ2n) is 5.26. The Morgan fingerprint density at radius 1 is 1.37 bits per heavy atom. The van der Waals surface area contributed by atoms with Crippen LogP contribution in [-0.4, -0.2) is 31.5 Å². The van der Waals surface area contributed by atoms with Gasteiger partial charge in [0.1, 0.15) is 11.9 Å². The summed E-state index contributed by atoms with van der Waals surface area (Å²) in [4.78, 5) is 0. The molecule has 2 heterocycles. The van der Waals surface area contributed by atoms with E-state index < -0.39 is 0 Å². The highest BCUT2D eigenvalue weighted by Gasteiger charge is 2.41. The number of nitrogens with two attached hydrogens (primary N) is 1. The summed E-state index contributed by atoms with van der Waals surface area (Å²) in [5.74, 6) is 0.806. The molecular weight excluding hydrogens is 310 g/mol. The SMILES string of the molecule is Nc1ccc(Br)c(OC2CCOC3(CCOC3)C2)c1. The van der Waals surface area contributed by atoms with Gasteiger partial charge >= 0.3 is 0 Å². The van der Waals surface area contributed by atoms with Crippen LogP contribution in [0.2, 0.25) is 0 Å². The zero-order valence-corrected chi connectivity index (χ0v) is 12.3. The van der Waals surface area contributed by atoms with Crippen molar-refractivity contribution < 1.29 is 14.2 Å². The average Bonchev–Trinajstić information content (AvgIpc) is 2.82. The molecule has 104 valence electrons. The van der Waals surface area contributed by atoms with E-state index in [2.05, 4.69) is 15.9 Å². The molecule has 3 rings (SSSR count). The molecule has 0 radical (unpaired) electrons.